The van der Waals surface area contributed by atoms with E-state index in [0.717, 1.165) is 6.07 Å². The second kappa shape index (κ2) is 8.14. The lowest BCUT2D eigenvalue weighted by Gasteiger charge is -2.35. The molecular weight excluding hydrogens is 492 g/mol. The number of hydrogen-bond acceptors (Lipinski definition) is 7. The molecule has 12 heteroatoms. The van der Waals surface area contributed by atoms with E-state index in [9.17, 15) is 28.6 Å². The van der Waals surface area contributed by atoms with Crippen molar-refractivity contribution >= 4 is 24.4 Å². The van der Waals surface area contributed by atoms with Crippen LogP contribution in [0.25, 0.3) is 22.3 Å². The molecule has 1 atom stereocenters. The van der Waals surface area contributed by atoms with Crippen molar-refractivity contribution in [3.8, 4) is 17.1 Å². The molecule has 190 valence electrons. The highest BCUT2D eigenvalue weighted by atomic mass is 31.2. The molecule has 0 spiro atoms. The number of benzene rings is 1. The Bertz CT molecular complexity index is 1560. The Hall–Kier alpha value is -3.24. The molecule has 0 saturated carbocycles. The van der Waals surface area contributed by atoms with E-state index in [1.807, 2.05) is 13.8 Å². The van der Waals surface area contributed by atoms with Crippen molar-refractivity contribution < 1.29 is 33.1 Å². The maximum absolute atomic E-state index is 14.7. The van der Waals surface area contributed by atoms with E-state index in [2.05, 4.69) is 21.4 Å². The molecule has 0 amide bonds. The van der Waals surface area contributed by atoms with Crippen LogP contribution in [0.5, 0.6) is 5.75 Å². The second-order valence-electron chi connectivity index (χ2n) is 9.23. The summed E-state index contributed by atoms with van der Waals surface area (Å²) in [6.07, 6.45) is 0.243. The van der Waals surface area contributed by atoms with Gasteiger partial charge in [0.2, 0.25) is 0 Å². The van der Waals surface area contributed by atoms with E-state index in [1.165, 1.54) is 10.6 Å². The molecule has 0 fully saturated rings. The molecule has 1 aromatic carbocycles. The van der Waals surface area contributed by atoms with Gasteiger partial charge >= 0.3 is 7.82 Å². The standard InChI is InChI=1S/C24H25FN3O7P/c1-5-24(30)12(4)34-10-15-16(24)7-19-22-14(9-28(19)23(15)29)21(26-11(2)3)13-6-20(35-36(31,32)33)17(25)8-18(13)27-22/h6-8,11,30H,4-5,9-10H2,1-3H3,(H,26,27)(H2,31,32,33)/t24-/m1/s1. The highest BCUT2D eigenvalue weighted by molar-refractivity contribution is 7.46. The zero-order valence-corrected chi connectivity index (χ0v) is 20.7. The van der Waals surface area contributed by atoms with Gasteiger partial charge in [-0.2, -0.15) is 0 Å². The smallest absolute Gasteiger partial charge is 0.490 e. The Kier molecular flexibility index (Phi) is 5.53. The molecule has 2 aromatic heterocycles. The van der Waals surface area contributed by atoms with Crippen molar-refractivity contribution in [1.82, 2.24) is 9.55 Å². The molecule has 0 unspecified atom stereocenters. The van der Waals surface area contributed by atoms with Crippen molar-refractivity contribution in [3.63, 3.8) is 0 Å². The Morgan fingerprint density at radius 2 is 2.06 bits per heavy atom. The topological polar surface area (TPSA) is 143 Å². The molecular formula is C24H25FN3O7P. The number of aromatic nitrogens is 2. The van der Waals surface area contributed by atoms with Crippen LogP contribution in [-0.2, 0) is 28.1 Å². The minimum atomic E-state index is -5.01. The van der Waals surface area contributed by atoms with Crippen LogP contribution in [0.15, 0.2) is 35.3 Å². The van der Waals surface area contributed by atoms with Gasteiger partial charge in [-0.3, -0.25) is 14.6 Å². The first-order valence-corrected chi connectivity index (χ1v) is 12.9. The summed E-state index contributed by atoms with van der Waals surface area (Å²) in [5, 5.41) is 15.0. The van der Waals surface area contributed by atoms with Crippen molar-refractivity contribution in [2.24, 2.45) is 0 Å². The summed E-state index contributed by atoms with van der Waals surface area (Å²) >= 11 is 0. The summed E-state index contributed by atoms with van der Waals surface area (Å²) in [4.78, 5) is 36.5. The number of anilines is 1. The van der Waals surface area contributed by atoms with E-state index in [0.29, 0.717) is 39.2 Å². The first kappa shape index (κ1) is 24.5. The first-order valence-electron chi connectivity index (χ1n) is 11.3. The van der Waals surface area contributed by atoms with Gasteiger partial charge in [0.05, 0.1) is 34.7 Å². The van der Waals surface area contributed by atoms with Crippen LogP contribution in [0.2, 0.25) is 0 Å². The van der Waals surface area contributed by atoms with Crippen molar-refractivity contribution in [1.29, 1.82) is 0 Å². The Balaban J connectivity index is 1.79. The number of hydrogen-bond donors (Lipinski definition) is 4. The molecule has 5 rings (SSSR count). The van der Waals surface area contributed by atoms with Gasteiger partial charge in [0.15, 0.2) is 11.6 Å². The lowest BCUT2D eigenvalue weighted by Crippen LogP contribution is -2.38. The number of fused-ring (bicyclic) bond motifs is 5. The SMILES string of the molecule is C=C1OCc2c(cc3n(c2=O)Cc2c-3nc3cc(F)c(OP(=O)(O)O)cc3c2NC(C)C)[C@@]1(O)CC. The van der Waals surface area contributed by atoms with Crippen LogP contribution in [0.3, 0.4) is 0 Å². The number of phosphoric acid groups is 1. The van der Waals surface area contributed by atoms with Crippen molar-refractivity contribution in [2.75, 3.05) is 5.32 Å². The third-order valence-electron chi connectivity index (χ3n) is 6.56. The largest absolute Gasteiger partial charge is 0.524 e. The summed E-state index contributed by atoms with van der Waals surface area (Å²) in [5.74, 6) is -1.45. The fourth-order valence-electron chi connectivity index (χ4n) is 4.85. The molecule has 4 N–H and O–H groups in total. The number of ether oxygens (including phenoxy) is 1. The average Bonchev–Trinajstić information content (AvgIpc) is 3.15. The van der Waals surface area contributed by atoms with Crippen LogP contribution in [0, 0.1) is 5.82 Å². The first-order chi connectivity index (χ1) is 16.8. The average molecular weight is 517 g/mol. The van der Waals surface area contributed by atoms with Crippen molar-refractivity contribution in [2.45, 2.75) is 52.0 Å². The lowest BCUT2D eigenvalue weighted by molar-refractivity contribution is -0.0172. The fourth-order valence-corrected chi connectivity index (χ4v) is 5.24. The summed E-state index contributed by atoms with van der Waals surface area (Å²) < 4.78 is 37.7. The fraction of sp³-hybridized carbons (Fsp3) is 0.333. The van der Waals surface area contributed by atoms with Gasteiger partial charge in [0.1, 0.15) is 18.0 Å². The van der Waals surface area contributed by atoms with Gasteiger partial charge in [-0.15, -0.1) is 0 Å². The van der Waals surface area contributed by atoms with Crippen LogP contribution in [-0.4, -0.2) is 30.5 Å². The van der Waals surface area contributed by atoms with E-state index < -0.39 is 25.0 Å². The molecule has 3 aromatic rings. The predicted molar refractivity (Wildman–Crippen MR) is 130 cm³/mol. The monoisotopic (exact) mass is 517 g/mol. The number of nitrogens with one attached hydrogen (secondary N) is 1. The zero-order chi connectivity index (χ0) is 26.2. The maximum Gasteiger partial charge on any atom is 0.524 e. The molecule has 36 heavy (non-hydrogen) atoms. The number of pyridine rings is 2. The third-order valence-corrected chi connectivity index (χ3v) is 6.99. The van der Waals surface area contributed by atoms with Gasteiger partial charge in [-0.1, -0.05) is 13.5 Å². The molecule has 2 aliphatic rings. The third kappa shape index (κ3) is 3.70. The van der Waals surface area contributed by atoms with Crippen molar-refractivity contribution in [3.05, 3.63) is 63.4 Å². The van der Waals surface area contributed by atoms with Gasteiger partial charge < -0.3 is 24.3 Å². The highest BCUT2D eigenvalue weighted by Gasteiger charge is 2.41. The number of halogens is 1. The minimum Gasteiger partial charge on any atom is -0.490 e. The van der Waals surface area contributed by atoms with Crippen LogP contribution in [0.4, 0.5) is 10.1 Å². The van der Waals surface area contributed by atoms with E-state index in [4.69, 9.17) is 4.74 Å². The maximum atomic E-state index is 14.7. The molecule has 0 aliphatic carbocycles. The number of aliphatic hydroxyl groups is 1. The number of rotatable bonds is 5. The number of phosphoric ester groups is 1. The Morgan fingerprint density at radius 3 is 2.69 bits per heavy atom. The summed E-state index contributed by atoms with van der Waals surface area (Å²) in [7, 11) is -5.01. The molecule has 4 heterocycles. The van der Waals surface area contributed by atoms with Gasteiger partial charge in [-0.25, -0.2) is 13.9 Å². The van der Waals surface area contributed by atoms with Crippen LogP contribution < -0.4 is 15.4 Å². The Morgan fingerprint density at radius 1 is 1.33 bits per heavy atom. The zero-order valence-electron chi connectivity index (χ0n) is 19.8. The lowest BCUT2D eigenvalue weighted by atomic mass is 9.84. The molecule has 2 aliphatic heterocycles. The van der Waals surface area contributed by atoms with E-state index in [-0.39, 0.29) is 42.4 Å². The molecule has 0 bridgehead atoms. The van der Waals surface area contributed by atoms with Gasteiger partial charge in [0, 0.05) is 28.6 Å². The molecule has 0 saturated heterocycles. The van der Waals surface area contributed by atoms with Crippen LogP contribution in [0.1, 0.15) is 43.9 Å². The summed E-state index contributed by atoms with van der Waals surface area (Å²) in [6, 6.07) is 3.85. The van der Waals surface area contributed by atoms with Gasteiger partial charge in [0.25, 0.3) is 5.56 Å². The van der Waals surface area contributed by atoms with E-state index in [1.54, 1.807) is 13.0 Å². The van der Waals surface area contributed by atoms with Crippen LogP contribution >= 0.6 is 7.82 Å². The second-order valence-corrected chi connectivity index (χ2v) is 10.4. The summed E-state index contributed by atoms with van der Waals surface area (Å²) in [5.41, 5.74) is 1.13. The number of nitrogens with zero attached hydrogens (tertiary/aromatic N) is 2. The van der Waals surface area contributed by atoms with Gasteiger partial charge in [-0.05, 0) is 32.4 Å². The summed E-state index contributed by atoms with van der Waals surface area (Å²) in [6.45, 7) is 9.50. The van der Waals surface area contributed by atoms with E-state index >= 15 is 0 Å². The molecule has 0 radical (unpaired) electrons. The minimum absolute atomic E-state index is 0.0211. The molecule has 10 nitrogen and oxygen atoms in total. The predicted octanol–water partition coefficient (Wildman–Crippen LogP) is 3.50. The Labute approximate surface area is 205 Å². The normalized spacial score (nSPS) is 18.6. The quantitative estimate of drug-likeness (QED) is 0.293. The highest BCUT2D eigenvalue weighted by Crippen LogP contribution is 2.46.